The molecule has 1 atom stereocenters. The Balaban J connectivity index is 1.57. The van der Waals surface area contributed by atoms with Crippen LogP contribution in [0.1, 0.15) is 33.3 Å². The topological polar surface area (TPSA) is 97.1 Å². The van der Waals surface area contributed by atoms with Crippen LogP contribution < -0.4 is 10.6 Å². The van der Waals surface area contributed by atoms with E-state index in [0.29, 0.717) is 11.6 Å². The van der Waals surface area contributed by atoms with Crippen LogP contribution in [0.15, 0.2) is 64.2 Å². The highest BCUT2D eigenvalue weighted by atomic mass is 32.2. The maximum Gasteiger partial charge on any atom is 0.325 e. The van der Waals surface area contributed by atoms with Gasteiger partial charge in [-0.1, -0.05) is 62.9 Å². The van der Waals surface area contributed by atoms with Crippen LogP contribution in [0.3, 0.4) is 0 Å². The van der Waals surface area contributed by atoms with Gasteiger partial charge in [0.05, 0.1) is 5.25 Å². The van der Waals surface area contributed by atoms with Gasteiger partial charge in [0, 0.05) is 11.3 Å². The zero-order chi connectivity index (χ0) is 21.7. The van der Waals surface area contributed by atoms with E-state index >= 15 is 0 Å². The highest BCUT2D eigenvalue weighted by Crippen LogP contribution is 2.28. The van der Waals surface area contributed by atoms with Gasteiger partial charge in [0.25, 0.3) is 5.22 Å². The van der Waals surface area contributed by atoms with Gasteiger partial charge in [-0.2, -0.15) is 0 Å². The van der Waals surface area contributed by atoms with Crippen molar-refractivity contribution >= 4 is 29.4 Å². The third-order valence-corrected chi connectivity index (χ3v) is 5.25. The fourth-order valence-electron chi connectivity index (χ4n) is 2.59. The van der Waals surface area contributed by atoms with Gasteiger partial charge in [-0.15, -0.1) is 10.2 Å². The lowest BCUT2D eigenvalue weighted by atomic mass is 9.87. The number of imide groups is 1. The summed E-state index contributed by atoms with van der Waals surface area (Å²) in [6.07, 6.45) is 0. The normalized spacial score (nSPS) is 12.3. The first-order chi connectivity index (χ1) is 14.2. The zero-order valence-electron chi connectivity index (χ0n) is 17.3. The van der Waals surface area contributed by atoms with E-state index < -0.39 is 17.2 Å². The quantitative estimate of drug-likeness (QED) is 0.568. The zero-order valence-corrected chi connectivity index (χ0v) is 18.1. The molecule has 30 heavy (non-hydrogen) atoms. The average Bonchev–Trinajstić information content (AvgIpc) is 3.16. The molecule has 2 N–H and O–H groups in total. The molecule has 0 aliphatic rings. The second-order valence-electron chi connectivity index (χ2n) is 7.77. The number of thioether (sulfide) groups is 1. The summed E-state index contributed by atoms with van der Waals surface area (Å²) >= 11 is 1.09. The monoisotopic (exact) mass is 424 g/mol. The second kappa shape index (κ2) is 9.13. The molecule has 0 radical (unpaired) electrons. The number of urea groups is 1. The van der Waals surface area contributed by atoms with Crippen LogP contribution in [-0.4, -0.2) is 27.4 Å². The highest BCUT2D eigenvalue weighted by molar-refractivity contribution is 8.00. The van der Waals surface area contributed by atoms with Gasteiger partial charge in [-0.25, -0.2) is 4.79 Å². The van der Waals surface area contributed by atoms with Crippen molar-refractivity contribution in [1.29, 1.82) is 0 Å². The van der Waals surface area contributed by atoms with Gasteiger partial charge in [0.15, 0.2) is 0 Å². The van der Waals surface area contributed by atoms with E-state index in [-0.39, 0.29) is 10.6 Å². The Kier molecular flexibility index (Phi) is 6.56. The molecule has 156 valence electrons. The predicted molar refractivity (Wildman–Crippen MR) is 117 cm³/mol. The number of benzene rings is 2. The van der Waals surface area contributed by atoms with E-state index in [4.69, 9.17) is 4.42 Å². The summed E-state index contributed by atoms with van der Waals surface area (Å²) in [5.74, 6) is -0.0740. The Labute approximate surface area is 179 Å². The third kappa shape index (κ3) is 5.70. The molecule has 0 fully saturated rings. The van der Waals surface area contributed by atoms with Gasteiger partial charge in [-0.05, 0) is 42.2 Å². The van der Waals surface area contributed by atoms with Crippen molar-refractivity contribution in [1.82, 2.24) is 15.5 Å². The maximum absolute atomic E-state index is 12.3. The molecule has 1 heterocycles. The number of carbonyl (C=O) groups is 2. The van der Waals surface area contributed by atoms with Gasteiger partial charge in [-0.3, -0.25) is 10.1 Å². The average molecular weight is 425 g/mol. The molecule has 2 aromatic carbocycles. The Bertz CT molecular complexity index is 1010. The minimum absolute atomic E-state index is 0.0595. The van der Waals surface area contributed by atoms with E-state index in [1.165, 1.54) is 5.56 Å². The lowest BCUT2D eigenvalue weighted by molar-refractivity contribution is -0.119. The van der Waals surface area contributed by atoms with Gasteiger partial charge >= 0.3 is 6.03 Å². The van der Waals surface area contributed by atoms with Crippen LogP contribution in [0.2, 0.25) is 0 Å². The molecular formula is C22H24N4O3S. The summed E-state index contributed by atoms with van der Waals surface area (Å²) in [5.41, 5.74) is 2.67. The van der Waals surface area contributed by atoms with Gasteiger partial charge in [0.1, 0.15) is 0 Å². The second-order valence-corrected chi connectivity index (χ2v) is 9.06. The lowest BCUT2D eigenvalue weighted by Crippen LogP contribution is -2.38. The van der Waals surface area contributed by atoms with E-state index in [1.807, 2.05) is 30.3 Å². The van der Waals surface area contributed by atoms with Crippen LogP contribution in [-0.2, 0) is 10.2 Å². The van der Waals surface area contributed by atoms with Crippen molar-refractivity contribution in [2.75, 3.05) is 5.32 Å². The third-order valence-electron chi connectivity index (χ3n) is 4.32. The molecule has 3 rings (SSSR count). The largest absolute Gasteiger partial charge is 0.411 e. The number of rotatable bonds is 5. The molecule has 3 amide bonds. The summed E-state index contributed by atoms with van der Waals surface area (Å²) < 4.78 is 5.68. The van der Waals surface area contributed by atoms with E-state index in [1.54, 1.807) is 31.2 Å². The van der Waals surface area contributed by atoms with Crippen LogP contribution >= 0.6 is 11.8 Å². The van der Waals surface area contributed by atoms with Crippen molar-refractivity contribution in [2.45, 2.75) is 43.6 Å². The Hall–Kier alpha value is -3.13. The summed E-state index contributed by atoms with van der Waals surface area (Å²) in [7, 11) is 0. The van der Waals surface area contributed by atoms with Crippen molar-refractivity contribution in [3.8, 4) is 11.5 Å². The fourth-order valence-corrected chi connectivity index (χ4v) is 3.27. The molecule has 3 aromatic rings. The Morgan fingerprint density at radius 3 is 2.30 bits per heavy atom. The van der Waals surface area contributed by atoms with Crippen LogP contribution in [0.25, 0.3) is 11.5 Å². The molecule has 0 saturated carbocycles. The first-order valence-corrected chi connectivity index (χ1v) is 10.4. The first-order valence-electron chi connectivity index (χ1n) is 9.50. The molecule has 0 spiro atoms. The molecule has 0 bridgehead atoms. The summed E-state index contributed by atoms with van der Waals surface area (Å²) in [6, 6.07) is 16.2. The van der Waals surface area contributed by atoms with E-state index in [2.05, 4.69) is 41.6 Å². The number of hydrogen-bond acceptors (Lipinski definition) is 6. The van der Waals surface area contributed by atoms with Crippen LogP contribution in [0, 0.1) is 0 Å². The highest BCUT2D eigenvalue weighted by Gasteiger charge is 2.21. The molecule has 0 aliphatic heterocycles. The van der Waals surface area contributed by atoms with Crippen molar-refractivity contribution in [3.63, 3.8) is 0 Å². The number of hydrogen-bond donors (Lipinski definition) is 2. The molecule has 1 unspecified atom stereocenters. The smallest absolute Gasteiger partial charge is 0.325 e. The number of nitrogens with one attached hydrogen (secondary N) is 2. The molecule has 1 aromatic heterocycles. The summed E-state index contributed by atoms with van der Waals surface area (Å²) in [4.78, 5) is 24.2. The lowest BCUT2D eigenvalue weighted by Gasteiger charge is -2.18. The maximum atomic E-state index is 12.3. The van der Waals surface area contributed by atoms with Crippen molar-refractivity contribution in [3.05, 3.63) is 60.2 Å². The number of carbonyl (C=O) groups excluding carboxylic acids is 2. The minimum Gasteiger partial charge on any atom is -0.411 e. The standard InChI is InChI=1S/C22H24N4O3S/c1-14(18(27)24-20(28)23-17-8-6-5-7-9-17)30-21-26-25-19(29-21)15-10-12-16(13-11-15)22(2,3)4/h5-14H,1-4H3,(H2,23,24,27,28). The number of anilines is 1. The summed E-state index contributed by atoms with van der Waals surface area (Å²) in [6.45, 7) is 8.11. The predicted octanol–water partition coefficient (Wildman–Crippen LogP) is 4.86. The van der Waals surface area contributed by atoms with Crippen molar-refractivity contribution in [2.24, 2.45) is 0 Å². The van der Waals surface area contributed by atoms with Crippen LogP contribution in [0.4, 0.5) is 10.5 Å². The Morgan fingerprint density at radius 1 is 1.00 bits per heavy atom. The van der Waals surface area contributed by atoms with Gasteiger partial charge in [0.2, 0.25) is 11.8 Å². The number of aromatic nitrogens is 2. The molecule has 8 heteroatoms. The number of para-hydroxylation sites is 1. The molecular weight excluding hydrogens is 400 g/mol. The van der Waals surface area contributed by atoms with E-state index in [0.717, 1.165) is 17.3 Å². The fraction of sp³-hybridized carbons (Fsp3) is 0.273. The molecule has 7 nitrogen and oxygen atoms in total. The number of nitrogens with zero attached hydrogens (tertiary/aromatic N) is 2. The number of amides is 3. The van der Waals surface area contributed by atoms with E-state index in [9.17, 15) is 9.59 Å². The van der Waals surface area contributed by atoms with Crippen molar-refractivity contribution < 1.29 is 14.0 Å². The Morgan fingerprint density at radius 2 is 1.67 bits per heavy atom. The SMILES string of the molecule is CC(Sc1nnc(-c2ccc(C(C)(C)C)cc2)o1)C(=O)NC(=O)Nc1ccccc1. The molecule has 0 saturated heterocycles. The van der Waals surface area contributed by atoms with Gasteiger partial charge < -0.3 is 9.73 Å². The first kappa shape index (κ1) is 21.6. The molecule has 0 aliphatic carbocycles. The summed E-state index contributed by atoms with van der Waals surface area (Å²) in [5, 5.41) is 12.6. The minimum atomic E-state index is -0.594. The van der Waals surface area contributed by atoms with Crippen LogP contribution in [0.5, 0.6) is 0 Å².